The lowest BCUT2D eigenvalue weighted by molar-refractivity contribution is 0.103. The monoisotopic (exact) mass is 249 g/mol. The van der Waals surface area contributed by atoms with Crippen LogP contribution in [0.3, 0.4) is 0 Å². The van der Waals surface area contributed by atoms with E-state index < -0.39 is 0 Å². The molecule has 1 unspecified atom stereocenters. The molecule has 0 amide bonds. The van der Waals surface area contributed by atoms with Gasteiger partial charge in [-0.1, -0.05) is 19.1 Å². The first kappa shape index (κ1) is 13.4. The smallest absolute Gasteiger partial charge is 0.119 e. The molecule has 1 aromatic rings. The van der Waals surface area contributed by atoms with Crippen molar-refractivity contribution in [2.24, 2.45) is 5.92 Å². The van der Waals surface area contributed by atoms with Crippen molar-refractivity contribution in [1.29, 1.82) is 0 Å². The highest BCUT2D eigenvalue weighted by Gasteiger charge is 2.22. The van der Waals surface area contributed by atoms with E-state index in [0.29, 0.717) is 0 Å². The molecular formula is C15H23NO2. The first-order chi connectivity index (χ1) is 8.83. The van der Waals surface area contributed by atoms with E-state index in [-0.39, 0.29) is 6.04 Å². The number of ether oxygens (including phenoxy) is 2. The lowest BCUT2D eigenvalue weighted by atomic mass is 10.1. The van der Waals surface area contributed by atoms with E-state index in [2.05, 4.69) is 24.4 Å². The third-order valence-electron chi connectivity index (χ3n) is 3.28. The van der Waals surface area contributed by atoms with Crippen molar-refractivity contribution in [3.05, 3.63) is 29.8 Å². The first-order valence-electron chi connectivity index (χ1n) is 6.78. The van der Waals surface area contributed by atoms with E-state index in [4.69, 9.17) is 9.47 Å². The van der Waals surface area contributed by atoms with Gasteiger partial charge in [-0.2, -0.15) is 0 Å². The third-order valence-corrected chi connectivity index (χ3v) is 3.28. The summed E-state index contributed by atoms with van der Waals surface area (Å²) in [6.07, 6.45) is 2.68. The van der Waals surface area contributed by atoms with Gasteiger partial charge in [0.25, 0.3) is 0 Å². The Kier molecular flexibility index (Phi) is 5.02. The van der Waals surface area contributed by atoms with Crippen molar-refractivity contribution < 1.29 is 9.47 Å². The molecule has 1 saturated carbocycles. The van der Waals surface area contributed by atoms with Crippen LogP contribution < -0.4 is 10.1 Å². The van der Waals surface area contributed by atoms with Gasteiger partial charge in [-0.25, -0.2) is 0 Å². The summed E-state index contributed by atoms with van der Waals surface area (Å²) >= 11 is 0. The van der Waals surface area contributed by atoms with Crippen LogP contribution in [0.15, 0.2) is 24.3 Å². The molecule has 0 spiro atoms. The molecule has 18 heavy (non-hydrogen) atoms. The molecule has 3 heteroatoms. The molecule has 2 rings (SSSR count). The van der Waals surface area contributed by atoms with Crippen molar-refractivity contribution >= 4 is 0 Å². The molecule has 0 saturated heterocycles. The van der Waals surface area contributed by atoms with Gasteiger partial charge in [0.05, 0.1) is 19.8 Å². The Morgan fingerprint density at radius 3 is 2.89 bits per heavy atom. The molecule has 3 nitrogen and oxygen atoms in total. The van der Waals surface area contributed by atoms with Crippen LogP contribution in [0.5, 0.6) is 5.75 Å². The molecule has 0 aromatic heterocycles. The first-order valence-corrected chi connectivity index (χ1v) is 6.78. The standard InChI is InChI=1S/C15H23NO2/c1-3-16-15(11-18-10-12-7-8-12)13-5-4-6-14(9-13)17-2/h4-6,9,12,15-16H,3,7-8,10-11H2,1-2H3. The van der Waals surface area contributed by atoms with E-state index in [0.717, 1.165) is 31.4 Å². The summed E-state index contributed by atoms with van der Waals surface area (Å²) in [6, 6.07) is 8.45. The fraction of sp³-hybridized carbons (Fsp3) is 0.600. The molecule has 0 aliphatic heterocycles. The molecular weight excluding hydrogens is 226 g/mol. The summed E-state index contributed by atoms with van der Waals surface area (Å²) in [5.41, 5.74) is 1.23. The van der Waals surface area contributed by atoms with Crippen LogP contribution in [0.25, 0.3) is 0 Å². The zero-order valence-corrected chi connectivity index (χ0v) is 11.3. The number of hydrogen-bond acceptors (Lipinski definition) is 3. The number of hydrogen-bond donors (Lipinski definition) is 1. The molecule has 1 aliphatic carbocycles. The minimum atomic E-state index is 0.254. The summed E-state index contributed by atoms with van der Waals surface area (Å²) in [7, 11) is 1.70. The van der Waals surface area contributed by atoms with Crippen LogP contribution in [0.4, 0.5) is 0 Å². The quantitative estimate of drug-likeness (QED) is 0.768. The molecule has 0 bridgehead atoms. The van der Waals surface area contributed by atoms with E-state index in [1.165, 1.54) is 18.4 Å². The lowest BCUT2D eigenvalue weighted by Crippen LogP contribution is -2.25. The largest absolute Gasteiger partial charge is 0.497 e. The second-order valence-electron chi connectivity index (χ2n) is 4.87. The van der Waals surface area contributed by atoms with E-state index in [1.54, 1.807) is 7.11 Å². The molecule has 100 valence electrons. The van der Waals surface area contributed by atoms with Gasteiger partial charge in [0.1, 0.15) is 5.75 Å². The summed E-state index contributed by atoms with van der Waals surface area (Å²) in [4.78, 5) is 0. The Morgan fingerprint density at radius 1 is 1.39 bits per heavy atom. The van der Waals surface area contributed by atoms with Gasteiger partial charge in [0.2, 0.25) is 0 Å². The summed E-state index contributed by atoms with van der Waals surface area (Å²) in [6.45, 7) is 4.70. The maximum Gasteiger partial charge on any atom is 0.119 e. The van der Waals surface area contributed by atoms with Gasteiger partial charge in [-0.15, -0.1) is 0 Å². The van der Waals surface area contributed by atoms with Crippen LogP contribution in [0, 0.1) is 5.92 Å². The highest BCUT2D eigenvalue weighted by Crippen LogP contribution is 2.29. The Hall–Kier alpha value is -1.06. The van der Waals surface area contributed by atoms with Crippen molar-refractivity contribution in [1.82, 2.24) is 5.32 Å². The number of likely N-dealkylation sites (N-methyl/N-ethyl adjacent to an activating group) is 1. The summed E-state index contributed by atoms with van der Waals surface area (Å²) < 4.78 is 11.1. The average molecular weight is 249 g/mol. The summed E-state index contributed by atoms with van der Waals surface area (Å²) in [5, 5.41) is 3.46. The predicted molar refractivity (Wildman–Crippen MR) is 73.0 cm³/mol. The molecule has 1 aromatic carbocycles. The van der Waals surface area contributed by atoms with E-state index >= 15 is 0 Å². The third kappa shape index (κ3) is 4.00. The fourth-order valence-corrected chi connectivity index (χ4v) is 2.01. The normalized spacial score (nSPS) is 16.6. The minimum Gasteiger partial charge on any atom is -0.497 e. The van der Waals surface area contributed by atoms with Crippen LogP contribution in [0.2, 0.25) is 0 Å². The van der Waals surface area contributed by atoms with Gasteiger partial charge in [0, 0.05) is 6.61 Å². The van der Waals surface area contributed by atoms with Gasteiger partial charge in [-0.3, -0.25) is 0 Å². The van der Waals surface area contributed by atoms with Crippen molar-refractivity contribution in [2.75, 3.05) is 26.9 Å². The topological polar surface area (TPSA) is 30.5 Å². The van der Waals surface area contributed by atoms with Gasteiger partial charge in [-0.05, 0) is 43.0 Å². The Morgan fingerprint density at radius 2 is 2.22 bits per heavy atom. The van der Waals surface area contributed by atoms with Crippen LogP contribution in [-0.4, -0.2) is 26.9 Å². The number of methoxy groups -OCH3 is 1. The van der Waals surface area contributed by atoms with Gasteiger partial charge < -0.3 is 14.8 Å². The van der Waals surface area contributed by atoms with Gasteiger partial charge in [0.15, 0.2) is 0 Å². The highest BCUT2D eigenvalue weighted by molar-refractivity contribution is 5.30. The minimum absolute atomic E-state index is 0.254. The molecule has 0 radical (unpaired) electrons. The van der Waals surface area contributed by atoms with Crippen molar-refractivity contribution in [3.8, 4) is 5.75 Å². The SMILES string of the molecule is CCNC(COCC1CC1)c1cccc(OC)c1. The maximum atomic E-state index is 5.80. The Balaban J connectivity index is 1.92. The zero-order valence-electron chi connectivity index (χ0n) is 11.3. The molecule has 1 atom stereocenters. The van der Waals surface area contributed by atoms with Crippen molar-refractivity contribution in [2.45, 2.75) is 25.8 Å². The molecule has 1 fully saturated rings. The average Bonchev–Trinajstić information content (AvgIpc) is 3.22. The van der Waals surface area contributed by atoms with Crippen LogP contribution in [-0.2, 0) is 4.74 Å². The number of nitrogens with one attached hydrogen (secondary N) is 1. The van der Waals surface area contributed by atoms with E-state index in [1.807, 2.05) is 12.1 Å². The second-order valence-corrected chi connectivity index (χ2v) is 4.87. The predicted octanol–water partition coefficient (Wildman–Crippen LogP) is 2.77. The Labute approximate surface area is 109 Å². The zero-order chi connectivity index (χ0) is 12.8. The summed E-state index contributed by atoms with van der Waals surface area (Å²) in [5.74, 6) is 1.72. The molecule has 0 heterocycles. The molecule has 1 N–H and O–H groups in total. The second kappa shape index (κ2) is 6.76. The van der Waals surface area contributed by atoms with Gasteiger partial charge >= 0.3 is 0 Å². The Bertz CT molecular complexity index is 363. The highest BCUT2D eigenvalue weighted by atomic mass is 16.5. The number of benzene rings is 1. The van der Waals surface area contributed by atoms with Crippen molar-refractivity contribution in [3.63, 3.8) is 0 Å². The van der Waals surface area contributed by atoms with Crippen LogP contribution in [0.1, 0.15) is 31.4 Å². The molecule has 1 aliphatic rings. The number of rotatable bonds is 8. The van der Waals surface area contributed by atoms with Crippen LogP contribution >= 0.6 is 0 Å². The fourth-order valence-electron chi connectivity index (χ4n) is 2.01. The van der Waals surface area contributed by atoms with E-state index in [9.17, 15) is 0 Å². The lowest BCUT2D eigenvalue weighted by Gasteiger charge is -2.19. The maximum absolute atomic E-state index is 5.80.